The lowest BCUT2D eigenvalue weighted by atomic mass is 10.1. The Kier molecular flexibility index (Phi) is 4.49. The highest BCUT2D eigenvalue weighted by Crippen LogP contribution is 2.37. The maximum Gasteiger partial charge on any atom is 0.255 e. The number of nitrogens with two attached hydrogens (primary N) is 1. The lowest BCUT2D eigenvalue weighted by Gasteiger charge is -2.27. The van der Waals surface area contributed by atoms with Gasteiger partial charge in [-0.05, 0) is 49.7 Å². The Bertz CT molecular complexity index is 1470. The number of hydrogen-bond acceptors (Lipinski definition) is 5. The van der Waals surface area contributed by atoms with Gasteiger partial charge in [0.15, 0.2) is 11.5 Å². The van der Waals surface area contributed by atoms with Crippen LogP contribution in [-0.2, 0) is 13.6 Å². The van der Waals surface area contributed by atoms with Gasteiger partial charge in [-0.1, -0.05) is 11.6 Å². The minimum absolute atomic E-state index is 0.0111. The number of piperidine rings is 1. The zero-order valence-corrected chi connectivity index (χ0v) is 20.0. The molecular weight excluding hydrogens is 450 g/mol. The van der Waals surface area contributed by atoms with Crippen molar-refractivity contribution >= 4 is 33.7 Å². The molecule has 5 heterocycles. The van der Waals surface area contributed by atoms with Gasteiger partial charge >= 0.3 is 0 Å². The standard InChI is InChI=1S/C25H28ClN7O/c1-31-23-18(8-15(10-29-23)25(34)33-12-14-4-5-19(33)21(14)27)30-24(31)20-9-16-17(26)6-7-28-22(16)32(20)11-13-2-3-13/h8-10,13-14,19,21H,2-7,11-12,27H2,1H3. The molecule has 2 N–H and O–H groups in total. The molecule has 0 aromatic carbocycles. The minimum Gasteiger partial charge on any atom is -0.334 e. The van der Waals surface area contributed by atoms with Gasteiger partial charge in [-0.15, -0.1) is 0 Å². The molecule has 0 spiro atoms. The van der Waals surface area contributed by atoms with E-state index < -0.39 is 0 Å². The molecule has 1 amide bonds. The molecular formula is C25H28ClN7O. The molecule has 2 bridgehead atoms. The summed E-state index contributed by atoms with van der Waals surface area (Å²) in [5, 5.41) is 1.88. The molecule has 3 aromatic rings. The van der Waals surface area contributed by atoms with Crippen LogP contribution in [0.4, 0.5) is 0 Å². The van der Waals surface area contributed by atoms with Crippen LogP contribution in [0.5, 0.6) is 0 Å². The molecule has 2 saturated carbocycles. The Morgan fingerprint density at radius 3 is 2.82 bits per heavy atom. The number of carbonyl (C=O) groups excluding carboxylic acids is 1. The van der Waals surface area contributed by atoms with Crippen molar-refractivity contribution in [1.29, 1.82) is 0 Å². The maximum atomic E-state index is 13.3. The van der Waals surface area contributed by atoms with E-state index >= 15 is 0 Å². The molecule has 2 aliphatic carbocycles. The summed E-state index contributed by atoms with van der Waals surface area (Å²) >= 11 is 6.60. The molecule has 7 rings (SSSR count). The van der Waals surface area contributed by atoms with E-state index in [1.54, 1.807) is 6.20 Å². The van der Waals surface area contributed by atoms with Crippen LogP contribution in [0.15, 0.2) is 23.3 Å². The fourth-order valence-electron chi connectivity index (χ4n) is 6.10. The number of pyridine rings is 1. The number of aryl methyl sites for hydroxylation is 1. The maximum absolute atomic E-state index is 13.3. The third-order valence-corrected chi connectivity index (χ3v) is 8.58. The van der Waals surface area contributed by atoms with Crippen molar-refractivity contribution < 1.29 is 4.79 Å². The van der Waals surface area contributed by atoms with Crippen LogP contribution in [0, 0.1) is 11.8 Å². The molecule has 2 aliphatic heterocycles. The number of carbonyl (C=O) groups is 1. The summed E-state index contributed by atoms with van der Waals surface area (Å²) in [6, 6.07) is 4.25. The van der Waals surface area contributed by atoms with Gasteiger partial charge < -0.3 is 19.8 Å². The fourth-order valence-corrected chi connectivity index (χ4v) is 6.33. The Labute approximate surface area is 202 Å². The molecule has 1 saturated heterocycles. The van der Waals surface area contributed by atoms with Crippen molar-refractivity contribution in [1.82, 2.24) is 24.0 Å². The smallest absolute Gasteiger partial charge is 0.255 e. The quantitative estimate of drug-likeness (QED) is 0.619. The monoisotopic (exact) mass is 477 g/mol. The summed E-state index contributed by atoms with van der Waals surface area (Å²) in [6.07, 6.45) is 7.08. The van der Waals surface area contributed by atoms with Crippen LogP contribution in [0.2, 0.25) is 0 Å². The molecule has 9 heteroatoms. The zero-order valence-electron chi connectivity index (χ0n) is 19.2. The summed E-state index contributed by atoms with van der Waals surface area (Å²) in [4.78, 5) is 29.7. The van der Waals surface area contributed by atoms with E-state index in [0.29, 0.717) is 17.4 Å². The number of fused-ring (bicyclic) bond motifs is 4. The second-order valence-corrected chi connectivity index (χ2v) is 10.8. The van der Waals surface area contributed by atoms with Gasteiger partial charge in [0.05, 0.1) is 11.3 Å². The number of aromatic nitrogens is 4. The molecule has 34 heavy (non-hydrogen) atoms. The van der Waals surface area contributed by atoms with E-state index in [2.05, 4.69) is 15.6 Å². The molecule has 3 aromatic heterocycles. The molecule has 3 fully saturated rings. The lowest BCUT2D eigenvalue weighted by Crippen LogP contribution is -2.41. The van der Waals surface area contributed by atoms with E-state index in [-0.39, 0.29) is 18.0 Å². The molecule has 8 nitrogen and oxygen atoms in total. The second-order valence-electron chi connectivity index (χ2n) is 10.4. The van der Waals surface area contributed by atoms with Crippen molar-refractivity contribution in [2.45, 2.75) is 50.7 Å². The summed E-state index contributed by atoms with van der Waals surface area (Å²) < 4.78 is 4.29. The van der Waals surface area contributed by atoms with Gasteiger partial charge in [0, 0.05) is 61.6 Å². The number of likely N-dealkylation sites (tertiary alicyclic amines) is 1. The molecule has 4 aliphatic rings. The summed E-state index contributed by atoms with van der Waals surface area (Å²) in [7, 11) is 1.98. The van der Waals surface area contributed by atoms with Crippen molar-refractivity contribution in [2.75, 3.05) is 13.1 Å². The Hall–Kier alpha value is -2.71. The molecule has 3 atom stereocenters. The van der Waals surface area contributed by atoms with Crippen molar-refractivity contribution in [3.63, 3.8) is 0 Å². The molecule has 0 radical (unpaired) electrons. The van der Waals surface area contributed by atoms with Crippen molar-refractivity contribution in [2.24, 2.45) is 29.6 Å². The predicted molar refractivity (Wildman–Crippen MR) is 130 cm³/mol. The number of halogens is 1. The minimum atomic E-state index is 0.0111. The van der Waals surface area contributed by atoms with Crippen molar-refractivity contribution in [3.05, 3.63) is 34.6 Å². The largest absolute Gasteiger partial charge is 0.334 e. The average molecular weight is 478 g/mol. The Morgan fingerprint density at radius 1 is 1.24 bits per heavy atom. The topological polar surface area (TPSA) is 94.3 Å². The second kappa shape index (κ2) is 7.39. The third kappa shape index (κ3) is 3.01. The lowest BCUT2D eigenvalue weighted by molar-refractivity contribution is 0.0700. The first-order valence-electron chi connectivity index (χ1n) is 12.3. The SMILES string of the molecule is Cn1c(-c2cc3c(n2CC2CC2)=NCCC=3Cl)nc2cc(C(=O)N3CC4CCC3C4N)cnc21. The van der Waals surface area contributed by atoms with E-state index in [1.165, 1.54) is 12.8 Å². The normalized spacial score (nSPS) is 25.8. The highest BCUT2D eigenvalue weighted by atomic mass is 35.5. The highest BCUT2D eigenvalue weighted by molar-refractivity contribution is 6.45. The van der Waals surface area contributed by atoms with Crippen LogP contribution < -0.4 is 16.4 Å². The predicted octanol–water partition coefficient (Wildman–Crippen LogP) is 1.78. The number of rotatable bonds is 4. The van der Waals surface area contributed by atoms with Crippen LogP contribution >= 0.6 is 11.6 Å². The highest BCUT2D eigenvalue weighted by Gasteiger charge is 2.46. The summed E-state index contributed by atoms with van der Waals surface area (Å²) in [5.41, 5.74) is 10.4. The van der Waals surface area contributed by atoms with Gasteiger partial charge in [0.1, 0.15) is 11.0 Å². The summed E-state index contributed by atoms with van der Waals surface area (Å²) in [6.45, 7) is 2.39. The van der Waals surface area contributed by atoms with Crippen LogP contribution in [0.25, 0.3) is 27.7 Å². The van der Waals surface area contributed by atoms with Gasteiger partial charge in [-0.3, -0.25) is 9.79 Å². The number of imidazole rings is 1. The third-order valence-electron chi connectivity index (χ3n) is 8.19. The Balaban J connectivity index is 1.31. The molecule has 3 unspecified atom stereocenters. The average Bonchev–Trinajstić information content (AvgIpc) is 3.23. The first-order chi connectivity index (χ1) is 16.5. The van der Waals surface area contributed by atoms with Crippen LogP contribution in [0.3, 0.4) is 0 Å². The van der Waals surface area contributed by atoms with Crippen LogP contribution in [0.1, 0.15) is 42.5 Å². The van der Waals surface area contributed by atoms with Crippen LogP contribution in [-0.4, -0.2) is 55.1 Å². The summed E-state index contributed by atoms with van der Waals surface area (Å²) in [5.74, 6) is 1.94. The number of nitrogens with zero attached hydrogens (tertiary/aromatic N) is 6. The first kappa shape index (κ1) is 20.6. The van der Waals surface area contributed by atoms with Gasteiger partial charge in [-0.25, -0.2) is 9.97 Å². The van der Waals surface area contributed by atoms with E-state index in [0.717, 1.165) is 77.3 Å². The first-order valence-corrected chi connectivity index (χ1v) is 12.7. The van der Waals surface area contributed by atoms with Gasteiger partial charge in [-0.2, -0.15) is 0 Å². The van der Waals surface area contributed by atoms with E-state index in [1.807, 2.05) is 22.6 Å². The number of amides is 1. The van der Waals surface area contributed by atoms with E-state index in [9.17, 15) is 4.79 Å². The number of hydrogen-bond donors (Lipinski definition) is 1. The van der Waals surface area contributed by atoms with E-state index in [4.69, 9.17) is 27.3 Å². The fraction of sp³-hybridized carbons (Fsp3) is 0.520. The van der Waals surface area contributed by atoms with Gasteiger partial charge in [0.2, 0.25) is 0 Å². The zero-order chi connectivity index (χ0) is 23.1. The van der Waals surface area contributed by atoms with Gasteiger partial charge in [0.25, 0.3) is 5.91 Å². The Morgan fingerprint density at radius 2 is 2.09 bits per heavy atom. The molecule has 176 valence electrons. The van der Waals surface area contributed by atoms with Crippen molar-refractivity contribution in [3.8, 4) is 11.5 Å².